The lowest BCUT2D eigenvalue weighted by Gasteiger charge is -2.38. The average molecular weight is 753 g/mol. The number of esters is 3. The lowest BCUT2D eigenvalue weighted by atomic mass is 9.99. The molecule has 0 unspecified atom stereocenters. The Balaban J connectivity index is 1.15. The highest BCUT2D eigenvalue weighted by molar-refractivity contribution is 6.02. The van der Waals surface area contributed by atoms with Crippen molar-refractivity contribution < 1.29 is 53.4 Å². The van der Waals surface area contributed by atoms with Gasteiger partial charge in [0.15, 0.2) is 6.10 Å². The van der Waals surface area contributed by atoms with E-state index in [1.54, 1.807) is 42.5 Å². The third kappa shape index (κ3) is 10.2. The van der Waals surface area contributed by atoms with Crippen molar-refractivity contribution in [2.75, 3.05) is 11.4 Å². The maximum absolute atomic E-state index is 14.3. The highest BCUT2D eigenvalue weighted by Crippen LogP contribution is 2.29. The van der Waals surface area contributed by atoms with Gasteiger partial charge < -0.3 is 34.3 Å². The number of carbonyl (C=O) groups excluding carboxylic acids is 4. The van der Waals surface area contributed by atoms with Gasteiger partial charge in [-0.3, -0.25) is 24.6 Å². The second-order valence-electron chi connectivity index (χ2n) is 13.5. The molecule has 0 bridgehead atoms. The van der Waals surface area contributed by atoms with Gasteiger partial charge in [0.1, 0.15) is 44.1 Å². The monoisotopic (exact) mass is 752 g/mol. The van der Waals surface area contributed by atoms with E-state index in [1.165, 1.54) is 4.90 Å². The van der Waals surface area contributed by atoms with Crippen LogP contribution in [0.1, 0.15) is 35.1 Å². The van der Waals surface area contributed by atoms with Crippen LogP contribution in [0.2, 0.25) is 0 Å². The number of nitrogens with zero attached hydrogens (tertiary/aromatic N) is 1. The molecule has 55 heavy (non-hydrogen) atoms. The maximum atomic E-state index is 14.3. The summed E-state index contributed by atoms with van der Waals surface area (Å²) >= 11 is 0. The first-order valence-corrected chi connectivity index (χ1v) is 18.2. The fraction of sp³-hybridized carbons (Fsp3) is 0.333. The van der Waals surface area contributed by atoms with Crippen LogP contribution < -0.4 is 10.2 Å². The highest BCUT2D eigenvalue weighted by atomic mass is 16.7. The molecule has 13 nitrogen and oxygen atoms in total. The van der Waals surface area contributed by atoms with Crippen molar-refractivity contribution in [3.8, 4) is 0 Å². The van der Waals surface area contributed by atoms with Gasteiger partial charge in [0, 0.05) is 5.69 Å². The van der Waals surface area contributed by atoms with E-state index in [-0.39, 0.29) is 13.2 Å². The van der Waals surface area contributed by atoms with Crippen molar-refractivity contribution in [3.05, 3.63) is 138 Å². The largest absolute Gasteiger partial charge is 0.460 e. The van der Waals surface area contributed by atoms with Gasteiger partial charge in [-0.15, -0.1) is 0 Å². The Morgan fingerprint density at radius 3 is 1.98 bits per heavy atom. The fourth-order valence-electron chi connectivity index (χ4n) is 6.58. The van der Waals surface area contributed by atoms with Gasteiger partial charge in [-0.05, 0) is 54.0 Å². The summed E-state index contributed by atoms with van der Waals surface area (Å²) in [5, 5.41) is 35.0. The molecule has 0 aromatic heterocycles. The minimum absolute atomic E-state index is 0.0532. The van der Waals surface area contributed by atoms with Gasteiger partial charge in [0.05, 0.1) is 6.04 Å². The normalized spacial score (nSPS) is 22.8. The number of para-hydroxylation sites is 1. The number of aliphatic hydroxyl groups is 3. The zero-order valence-corrected chi connectivity index (χ0v) is 30.0. The summed E-state index contributed by atoms with van der Waals surface area (Å²) < 4.78 is 21.9. The molecule has 288 valence electrons. The van der Waals surface area contributed by atoms with Crippen LogP contribution in [0.15, 0.2) is 115 Å². The molecule has 1 amide bonds. The molecule has 2 aliphatic heterocycles. The SMILES string of the molecule is O=C(CN1C(=O)[C@@H](N[C@@H](CCc2ccccc2)C(=O)OCc2ccccc2)CCc2ccccc21)O[C@@H]1O[C@@H](C(=O)OCc2ccccc2)[C@@H](O)[C@@H](O)[C@@H]1O. The number of aliphatic hydroxyl groups excluding tert-OH is 3. The van der Waals surface area contributed by atoms with Crippen LogP contribution in [0.3, 0.4) is 0 Å². The number of nitrogens with one attached hydrogen (secondary N) is 1. The number of anilines is 1. The van der Waals surface area contributed by atoms with Gasteiger partial charge in [-0.25, -0.2) is 4.79 Å². The van der Waals surface area contributed by atoms with E-state index < -0.39 is 73.1 Å². The van der Waals surface area contributed by atoms with Gasteiger partial charge >= 0.3 is 17.9 Å². The van der Waals surface area contributed by atoms with Crippen molar-refractivity contribution in [1.82, 2.24) is 5.32 Å². The Bertz CT molecular complexity index is 1900. The third-order valence-corrected chi connectivity index (χ3v) is 9.58. The molecule has 4 N–H and O–H groups in total. The van der Waals surface area contributed by atoms with E-state index in [0.29, 0.717) is 36.9 Å². The number of aryl methyl sites for hydroxylation is 2. The number of fused-ring (bicyclic) bond motifs is 1. The third-order valence-electron chi connectivity index (χ3n) is 9.58. The van der Waals surface area contributed by atoms with E-state index in [4.69, 9.17) is 18.9 Å². The first-order chi connectivity index (χ1) is 26.7. The molecule has 13 heteroatoms. The van der Waals surface area contributed by atoms with Gasteiger partial charge in [0.2, 0.25) is 12.2 Å². The second kappa shape index (κ2) is 18.7. The number of hydrogen-bond acceptors (Lipinski definition) is 12. The van der Waals surface area contributed by atoms with Crippen molar-refractivity contribution in [1.29, 1.82) is 0 Å². The molecule has 6 rings (SSSR count). The lowest BCUT2D eigenvalue weighted by Crippen LogP contribution is -2.61. The molecule has 0 spiro atoms. The number of rotatable bonds is 14. The smallest absolute Gasteiger partial charge is 0.338 e. The molecule has 4 aromatic carbocycles. The molecular formula is C42H44N2O11. The van der Waals surface area contributed by atoms with Crippen molar-refractivity contribution >= 4 is 29.5 Å². The quantitative estimate of drug-likeness (QED) is 0.109. The molecule has 2 aliphatic rings. The minimum atomic E-state index is -1.93. The van der Waals surface area contributed by atoms with Gasteiger partial charge in [-0.2, -0.15) is 0 Å². The number of hydrogen-bond donors (Lipinski definition) is 4. The molecule has 1 fully saturated rings. The fourth-order valence-corrected chi connectivity index (χ4v) is 6.58. The number of benzene rings is 4. The predicted molar refractivity (Wildman–Crippen MR) is 198 cm³/mol. The highest BCUT2D eigenvalue weighted by Gasteiger charge is 2.49. The number of ether oxygens (including phenoxy) is 4. The Morgan fingerprint density at radius 2 is 1.33 bits per heavy atom. The molecular weight excluding hydrogens is 708 g/mol. The summed E-state index contributed by atoms with van der Waals surface area (Å²) in [7, 11) is 0. The first kappa shape index (κ1) is 39.3. The Hall–Kier alpha value is -5.44. The van der Waals surface area contributed by atoms with Crippen LogP contribution in [-0.4, -0.2) is 88.5 Å². The van der Waals surface area contributed by atoms with Crippen LogP contribution in [0.25, 0.3) is 0 Å². The lowest BCUT2D eigenvalue weighted by molar-refractivity contribution is -0.287. The van der Waals surface area contributed by atoms with Crippen LogP contribution in [0.4, 0.5) is 5.69 Å². The van der Waals surface area contributed by atoms with Crippen LogP contribution in [0.5, 0.6) is 0 Å². The van der Waals surface area contributed by atoms with E-state index >= 15 is 0 Å². The number of amides is 1. The second-order valence-corrected chi connectivity index (χ2v) is 13.5. The zero-order valence-electron chi connectivity index (χ0n) is 30.0. The van der Waals surface area contributed by atoms with Crippen LogP contribution >= 0.6 is 0 Å². The maximum Gasteiger partial charge on any atom is 0.338 e. The van der Waals surface area contributed by atoms with E-state index in [9.17, 15) is 34.5 Å². The summed E-state index contributed by atoms with van der Waals surface area (Å²) in [6.45, 7) is -0.744. The van der Waals surface area contributed by atoms with Crippen molar-refractivity contribution in [2.45, 2.75) is 81.7 Å². The first-order valence-electron chi connectivity index (χ1n) is 18.2. The Morgan fingerprint density at radius 1 is 0.745 bits per heavy atom. The zero-order chi connectivity index (χ0) is 38.7. The van der Waals surface area contributed by atoms with Crippen molar-refractivity contribution in [2.24, 2.45) is 0 Å². The molecule has 2 heterocycles. The summed E-state index contributed by atoms with van der Waals surface area (Å²) in [5.41, 5.74) is 3.70. The van der Waals surface area contributed by atoms with Gasteiger partial charge in [-0.1, -0.05) is 109 Å². The molecule has 0 radical (unpaired) electrons. The molecule has 4 aromatic rings. The Labute approximate surface area is 318 Å². The molecule has 0 saturated carbocycles. The minimum Gasteiger partial charge on any atom is -0.460 e. The average Bonchev–Trinajstić information content (AvgIpc) is 3.34. The summed E-state index contributed by atoms with van der Waals surface area (Å²) in [6.07, 6.45) is -7.80. The van der Waals surface area contributed by atoms with E-state index in [0.717, 1.165) is 16.7 Å². The standard InChI is InChI=1S/C42H44N2O11/c45-34(54-42-37(48)35(46)36(47)38(55-42)41(51)53-26-29-16-8-3-9-17-29)24-44-33-19-11-10-18-30(33)21-23-31(39(44)49)43-32(22-20-27-12-4-1-5-13-27)40(50)52-25-28-14-6-2-7-15-28/h1-19,31-32,35-38,42-43,46-48H,20-26H2/t31-,32-,35+,36-,37-,38+,42+/m0/s1. The summed E-state index contributed by atoms with van der Waals surface area (Å²) in [4.78, 5) is 55.5. The van der Waals surface area contributed by atoms with Gasteiger partial charge in [0.25, 0.3) is 0 Å². The van der Waals surface area contributed by atoms with Crippen LogP contribution in [-0.2, 0) is 64.2 Å². The van der Waals surface area contributed by atoms with E-state index in [1.807, 2.05) is 72.8 Å². The topological polar surface area (TPSA) is 181 Å². The Kier molecular flexibility index (Phi) is 13.4. The summed E-state index contributed by atoms with van der Waals surface area (Å²) in [6, 6.07) is 32.9. The summed E-state index contributed by atoms with van der Waals surface area (Å²) in [5.74, 6) is -3.11. The predicted octanol–water partition coefficient (Wildman–Crippen LogP) is 2.76. The van der Waals surface area contributed by atoms with E-state index in [2.05, 4.69) is 5.32 Å². The van der Waals surface area contributed by atoms with Crippen molar-refractivity contribution in [3.63, 3.8) is 0 Å². The molecule has 1 saturated heterocycles. The van der Waals surface area contributed by atoms with Crippen LogP contribution in [0, 0.1) is 0 Å². The molecule has 7 atom stereocenters. The molecule has 0 aliphatic carbocycles. The number of carbonyl (C=O) groups is 4.